The van der Waals surface area contributed by atoms with E-state index in [-0.39, 0.29) is 0 Å². The number of hydrogen-bond acceptors (Lipinski definition) is 1. The highest BCUT2D eigenvalue weighted by Crippen LogP contribution is 2.47. The first-order valence-corrected chi connectivity index (χ1v) is 16.4. The quantitative estimate of drug-likeness (QED) is 0.180. The molecule has 0 bridgehead atoms. The van der Waals surface area contributed by atoms with Crippen LogP contribution in [-0.2, 0) is 6.42 Å². The standard InChI is InChI=1S/C45H32N2/c1-2-43-46-40-23-13-14-24-42(40)47(43)41-28-27-37(33-19-9-10-20-34(33)41)45-36-22-12-11-21-35(36)44(31-17-7-4-8-18-31)38-26-25-32(29-39(38)45)30-15-5-3-6-16-30/h3-29H,2H2,1H3. The summed E-state index contributed by atoms with van der Waals surface area (Å²) >= 11 is 0. The van der Waals surface area contributed by atoms with Crippen LogP contribution in [0.5, 0.6) is 0 Å². The molecule has 2 nitrogen and oxygen atoms in total. The van der Waals surface area contributed by atoms with E-state index in [1.54, 1.807) is 0 Å². The molecule has 0 unspecified atom stereocenters. The van der Waals surface area contributed by atoms with Gasteiger partial charge in [0.15, 0.2) is 0 Å². The van der Waals surface area contributed by atoms with Crippen molar-refractivity contribution < 1.29 is 0 Å². The highest BCUT2D eigenvalue weighted by atomic mass is 15.1. The summed E-state index contributed by atoms with van der Waals surface area (Å²) in [6.07, 6.45) is 0.850. The molecule has 0 fully saturated rings. The minimum atomic E-state index is 0.850. The lowest BCUT2D eigenvalue weighted by Gasteiger charge is -2.21. The van der Waals surface area contributed by atoms with E-state index in [4.69, 9.17) is 4.98 Å². The summed E-state index contributed by atoms with van der Waals surface area (Å²) in [4.78, 5) is 5.02. The number of benzene rings is 8. The van der Waals surface area contributed by atoms with Gasteiger partial charge in [-0.25, -0.2) is 4.98 Å². The molecule has 0 spiro atoms. The summed E-state index contributed by atoms with van der Waals surface area (Å²) in [5.41, 5.74) is 10.8. The molecule has 0 atom stereocenters. The predicted molar refractivity (Wildman–Crippen MR) is 199 cm³/mol. The monoisotopic (exact) mass is 600 g/mol. The smallest absolute Gasteiger partial charge is 0.114 e. The van der Waals surface area contributed by atoms with Crippen LogP contribution in [0.25, 0.3) is 82.4 Å². The largest absolute Gasteiger partial charge is 0.296 e. The van der Waals surface area contributed by atoms with Crippen LogP contribution in [0.2, 0.25) is 0 Å². The van der Waals surface area contributed by atoms with Crippen LogP contribution >= 0.6 is 0 Å². The van der Waals surface area contributed by atoms with Crippen molar-refractivity contribution in [2.75, 3.05) is 0 Å². The van der Waals surface area contributed by atoms with Crippen LogP contribution in [0.1, 0.15) is 12.7 Å². The Bertz CT molecular complexity index is 2600. The first-order chi connectivity index (χ1) is 23.3. The maximum atomic E-state index is 5.02. The van der Waals surface area contributed by atoms with Gasteiger partial charge in [0.1, 0.15) is 5.82 Å². The molecule has 0 N–H and O–H groups in total. The minimum Gasteiger partial charge on any atom is -0.296 e. The van der Waals surface area contributed by atoms with Crippen LogP contribution in [0.15, 0.2) is 164 Å². The van der Waals surface area contributed by atoms with E-state index < -0.39 is 0 Å². The van der Waals surface area contributed by atoms with Crippen LogP contribution < -0.4 is 0 Å². The molecule has 0 amide bonds. The first-order valence-electron chi connectivity index (χ1n) is 16.4. The molecule has 0 aliphatic carbocycles. The Morgan fingerprint density at radius 3 is 1.79 bits per heavy atom. The van der Waals surface area contributed by atoms with Gasteiger partial charge in [-0.2, -0.15) is 0 Å². The molecule has 2 heteroatoms. The molecule has 9 aromatic rings. The Morgan fingerprint density at radius 1 is 0.447 bits per heavy atom. The third-order valence-corrected chi connectivity index (χ3v) is 9.55. The van der Waals surface area contributed by atoms with Crippen molar-refractivity contribution in [3.8, 4) is 39.1 Å². The zero-order chi connectivity index (χ0) is 31.3. The van der Waals surface area contributed by atoms with Crippen molar-refractivity contribution in [2.45, 2.75) is 13.3 Å². The van der Waals surface area contributed by atoms with Gasteiger partial charge in [0.2, 0.25) is 0 Å². The van der Waals surface area contributed by atoms with E-state index in [1.165, 1.54) is 65.7 Å². The molecular weight excluding hydrogens is 569 g/mol. The van der Waals surface area contributed by atoms with Crippen molar-refractivity contribution in [3.63, 3.8) is 0 Å². The van der Waals surface area contributed by atoms with Crippen LogP contribution in [0.4, 0.5) is 0 Å². The Labute approximate surface area is 274 Å². The Hall–Kier alpha value is -5.99. The van der Waals surface area contributed by atoms with Gasteiger partial charge >= 0.3 is 0 Å². The summed E-state index contributed by atoms with van der Waals surface area (Å²) in [6, 6.07) is 59.5. The lowest BCUT2D eigenvalue weighted by molar-refractivity contribution is 0.913. The van der Waals surface area contributed by atoms with E-state index >= 15 is 0 Å². The average Bonchev–Trinajstić information content (AvgIpc) is 3.52. The second-order valence-electron chi connectivity index (χ2n) is 12.2. The van der Waals surface area contributed by atoms with Crippen molar-refractivity contribution >= 4 is 43.4 Å². The lowest BCUT2D eigenvalue weighted by atomic mass is 9.83. The van der Waals surface area contributed by atoms with E-state index in [2.05, 4.69) is 175 Å². The number of aryl methyl sites for hydroxylation is 1. The number of para-hydroxylation sites is 2. The number of hydrogen-bond donors (Lipinski definition) is 0. The molecule has 47 heavy (non-hydrogen) atoms. The van der Waals surface area contributed by atoms with E-state index in [0.717, 1.165) is 29.0 Å². The fraction of sp³-hybridized carbons (Fsp3) is 0.0444. The van der Waals surface area contributed by atoms with Gasteiger partial charge < -0.3 is 0 Å². The SMILES string of the molecule is CCc1nc2ccccc2n1-c1ccc(-c2c3ccccc3c(-c3ccccc3)c3ccc(-c4ccccc4)cc23)c2ccccc12. The van der Waals surface area contributed by atoms with Gasteiger partial charge in [-0.05, 0) is 84.6 Å². The Morgan fingerprint density at radius 2 is 1.04 bits per heavy atom. The summed E-state index contributed by atoms with van der Waals surface area (Å²) in [5.74, 6) is 1.07. The summed E-state index contributed by atoms with van der Waals surface area (Å²) in [5, 5.41) is 7.47. The lowest BCUT2D eigenvalue weighted by Crippen LogP contribution is -2.01. The van der Waals surface area contributed by atoms with Crippen LogP contribution in [-0.4, -0.2) is 9.55 Å². The zero-order valence-corrected chi connectivity index (χ0v) is 26.2. The second-order valence-corrected chi connectivity index (χ2v) is 12.2. The first kappa shape index (κ1) is 27.3. The maximum Gasteiger partial charge on any atom is 0.114 e. The molecule has 0 aliphatic rings. The van der Waals surface area contributed by atoms with Gasteiger partial charge in [0.25, 0.3) is 0 Å². The second kappa shape index (κ2) is 11.1. The molecule has 0 saturated carbocycles. The van der Waals surface area contributed by atoms with Gasteiger partial charge in [0.05, 0.1) is 16.7 Å². The maximum absolute atomic E-state index is 5.02. The fourth-order valence-corrected chi connectivity index (χ4v) is 7.47. The van der Waals surface area contributed by atoms with E-state index in [9.17, 15) is 0 Å². The third-order valence-electron chi connectivity index (χ3n) is 9.55. The zero-order valence-electron chi connectivity index (χ0n) is 26.2. The number of imidazole rings is 1. The normalized spacial score (nSPS) is 11.6. The molecule has 0 radical (unpaired) electrons. The van der Waals surface area contributed by atoms with E-state index in [1.807, 2.05) is 0 Å². The van der Waals surface area contributed by atoms with E-state index in [0.29, 0.717) is 0 Å². The Kier molecular flexibility index (Phi) is 6.46. The molecule has 1 heterocycles. The topological polar surface area (TPSA) is 17.8 Å². The molecule has 8 aromatic carbocycles. The molecule has 1 aromatic heterocycles. The Balaban J connectivity index is 1.41. The highest BCUT2D eigenvalue weighted by molar-refractivity contribution is 6.24. The van der Waals surface area contributed by atoms with Gasteiger partial charge in [0, 0.05) is 11.8 Å². The van der Waals surface area contributed by atoms with Crippen molar-refractivity contribution in [2.24, 2.45) is 0 Å². The van der Waals surface area contributed by atoms with Crippen molar-refractivity contribution in [1.82, 2.24) is 9.55 Å². The fourth-order valence-electron chi connectivity index (χ4n) is 7.47. The van der Waals surface area contributed by atoms with Crippen molar-refractivity contribution in [3.05, 3.63) is 170 Å². The highest BCUT2D eigenvalue weighted by Gasteiger charge is 2.21. The average molecular weight is 601 g/mol. The number of aromatic nitrogens is 2. The molecule has 222 valence electrons. The molecule has 9 rings (SSSR count). The molecule has 0 saturated heterocycles. The molecule has 0 aliphatic heterocycles. The minimum absolute atomic E-state index is 0.850. The number of rotatable bonds is 5. The van der Waals surface area contributed by atoms with Gasteiger partial charge in [-0.15, -0.1) is 0 Å². The summed E-state index contributed by atoms with van der Waals surface area (Å²) < 4.78 is 2.35. The summed E-state index contributed by atoms with van der Waals surface area (Å²) in [7, 11) is 0. The number of nitrogens with zero attached hydrogens (tertiary/aromatic N) is 2. The van der Waals surface area contributed by atoms with Gasteiger partial charge in [-0.3, -0.25) is 4.57 Å². The third kappa shape index (κ3) is 4.37. The van der Waals surface area contributed by atoms with Gasteiger partial charge in [-0.1, -0.05) is 146 Å². The van der Waals surface area contributed by atoms with Crippen molar-refractivity contribution in [1.29, 1.82) is 0 Å². The predicted octanol–water partition coefficient (Wildman–Crippen LogP) is 12.0. The number of fused-ring (bicyclic) bond motifs is 4. The van der Waals surface area contributed by atoms with Crippen LogP contribution in [0.3, 0.4) is 0 Å². The van der Waals surface area contributed by atoms with Crippen LogP contribution in [0, 0.1) is 0 Å². The molecular formula is C45H32N2. The summed E-state index contributed by atoms with van der Waals surface area (Å²) in [6.45, 7) is 2.19.